The van der Waals surface area contributed by atoms with E-state index in [1.165, 1.54) is 11.1 Å². The number of aromatic nitrogens is 3. The van der Waals surface area contributed by atoms with E-state index in [0.29, 0.717) is 5.56 Å². The van der Waals surface area contributed by atoms with Crippen LogP contribution in [0.25, 0.3) is 44.8 Å². The minimum Gasteiger partial charge on any atom is -0.507 e. The van der Waals surface area contributed by atoms with Crippen LogP contribution in [0.3, 0.4) is 0 Å². The summed E-state index contributed by atoms with van der Waals surface area (Å²) < 4.78 is 2.02. The van der Waals surface area contributed by atoms with Crippen LogP contribution in [0.5, 0.6) is 5.75 Å². The van der Waals surface area contributed by atoms with E-state index in [0.717, 1.165) is 45.7 Å². The van der Waals surface area contributed by atoms with Crippen molar-refractivity contribution in [1.82, 2.24) is 14.5 Å². The Bertz CT molecular complexity index is 1690. The molecular formula is C32H24N3OPt-. The molecule has 0 bridgehead atoms. The smallest absolute Gasteiger partial charge is 0.143 e. The van der Waals surface area contributed by atoms with Crippen molar-refractivity contribution in [3.05, 3.63) is 127 Å². The third kappa shape index (κ3) is 4.85. The average molecular weight is 662 g/mol. The number of phenols is 1. The minimum absolute atomic E-state index is 0. The summed E-state index contributed by atoms with van der Waals surface area (Å²) in [7, 11) is 1.98. The molecule has 0 atom stereocenters. The number of rotatable bonds is 5. The van der Waals surface area contributed by atoms with Crippen LogP contribution in [0.1, 0.15) is 11.1 Å². The Morgan fingerprint density at radius 2 is 1.49 bits per heavy atom. The molecule has 0 aliphatic carbocycles. The van der Waals surface area contributed by atoms with E-state index in [1.807, 2.05) is 66.3 Å². The van der Waals surface area contributed by atoms with Gasteiger partial charge in [0.25, 0.3) is 0 Å². The number of aryl methyl sites for hydroxylation is 1. The average Bonchev–Trinajstić information content (AvgIpc) is 3.26. The molecule has 2 heterocycles. The normalized spacial score (nSPS) is 10.8. The fraction of sp³-hybridized carbons (Fsp3) is 0.0625. The maximum Gasteiger partial charge on any atom is 0.143 e. The Balaban J connectivity index is 0.00000280. The molecule has 0 unspecified atom stereocenters. The number of pyridine rings is 1. The number of fused-ring (bicyclic) bond motifs is 1. The van der Waals surface area contributed by atoms with Crippen molar-refractivity contribution in [3.63, 3.8) is 0 Å². The molecule has 1 N–H and O–H groups in total. The first-order valence-corrected chi connectivity index (χ1v) is 11.9. The van der Waals surface area contributed by atoms with Gasteiger partial charge in [-0.1, -0.05) is 71.8 Å². The first-order chi connectivity index (χ1) is 17.7. The third-order valence-electron chi connectivity index (χ3n) is 6.49. The van der Waals surface area contributed by atoms with Gasteiger partial charge < -0.3 is 9.67 Å². The van der Waals surface area contributed by atoms with Crippen LogP contribution in [-0.4, -0.2) is 19.6 Å². The van der Waals surface area contributed by atoms with Crippen molar-refractivity contribution in [2.45, 2.75) is 6.42 Å². The Morgan fingerprint density at radius 1 is 0.757 bits per heavy atom. The fourth-order valence-corrected chi connectivity index (χ4v) is 4.67. The number of benzene rings is 4. The molecule has 37 heavy (non-hydrogen) atoms. The van der Waals surface area contributed by atoms with E-state index in [9.17, 15) is 5.11 Å². The van der Waals surface area contributed by atoms with Gasteiger partial charge in [0.1, 0.15) is 11.6 Å². The van der Waals surface area contributed by atoms with Gasteiger partial charge in [-0.3, -0.25) is 4.98 Å². The Kier molecular flexibility index (Phi) is 7.03. The second kappa shape index (κ2) is 10.5. The summed E-state index contributed by atoms with van der Waals surface area (Å²) in [6.07, 6.45) is 2.73. The zero-order chi connectivity index (χ0) is 24.5. The van der Waals surface area contributed by atoms with Gasteiger partial charge in [-0.2, -0.15) is 0 Å². The molecule has 2 aromatic heterocycles. The summed E-state index contributed by atoms with van der Waals surface area (Å²) >= 11 is 0. The van der Waals surface area contributed by atoms with Gasteiger partial charge in [0.2, 0.25) is 0 Å². The standard InChI is InChI=1S/C32H24N3O.Pt/c1-35-29-15-8-14-26(31(29)34-32(35)27-13-5-6-16-30(27)36)24-11-7-12-25(21-24)28-20-23(17-18-33-28)19-22-9-3-2-4-10-22;/h2-18,20,36H,19H2,1H3;/q-1;. The third-order valence-corrected chi connectivity index (χ3v) is 6.49. The Labute approximate surface area is 230 Å². The van der Waals surface area contributed by atoms with E-state index < -0.39 is 0 Å². The Morgan fingerprint density at radius 3 is 2.32 bits per heavy atom. The minimum atomic E-state index is 0. The van der Waals surface area contributed by atoms with Gasteiger partial charge >= 0.3 is 0 Å². The predicted molar refractivity (Wildman–Crippen MR) is 145 cm³/mol. The summed E-state index contributed by atoms with van der Waals surface area (Å²) in [4.78, 5) is 9.59. The summed E-state index contributed by atoms with van der Waals surface area (Å²) in [5, 5.41) is 10.4. The zero-order valence-electron chi connectivity index (χ0n) is 20.2. The number of nitrogens with zero attached hydrogens (tertiary/aromatic N) is 3. The van der Waals surface area contributed by atoms with Gasteiger partial charge in [0.05, 0.1) is 16.6 Å². The van der Waals surface area contributed by atoms with Crippen LogP contribution in [0.15, 0.2) is 109 Å². The summed E-state index contributed by atoms with van der Waals surface area (Å²) in [6.45, 7) is 0. The molecule has 6 rings (SSSR count). The van der Waals surface area contributed by atoms with E-state index in [2.05, 4.69) is 59.6 Å². The van der Waals surface area contributed by atoms with Gasteiger partial charge in [-0.25, -0.2) is 4.98 Å². The van der Waals surface area contributed by atoms with Crippen LogP contribution < -0.4 is 0 Å². The second-order valence-electron chi connectivity index (χ2n) is 8.87. The molecule has 0 saturated carbocycles. The van der Waals surface area contributed by atoms with Gasteiger partial charge in [0.15, 0.2) is 0 Å². The molecule has 0 aliphatic rings. The molecule has 0 fully saturated rings. The molecule has 4 nitrogen and oxygen atoms in total. The summed E-state index contributed by atoms with van der Waals surface area (Å²) in [6, 6.07) is 37.8. The van der Waals surface area contributed by atoms with Crippen molar-refractivity contribution in [1.29, 1.82) is 0 Å². The molecule has 184 valence electrons. The summed E-state index contributed by atoms with van der Waals surface area (Å²) in [5.41, 5.74) is 8.84. The van der Waals surface area contributed by atoms with Crippen molar-refractivity contribution in [3.8, 4) is 39.5 Å². The molecule has 4 aromatic carbocycles. The van der Waals surface area contributed by atoms with E-state index in [4.69, 9.17) is 4.98 Å². The van der Waals surface area contributed by atoms with Crippen LogP contribution in [-0.2, 0) is 34.5 Å². The van der Waals surface area contributed by atoms with Crippen molar-refractivity contribution in [2.75, 3.05) is 0 Å². The molecule has 6 aromatic rings. The van der Waals surface area contributed by atoms with Gasteiger partial charge in [0, 0.05) is 40.0 Å². The van der Waals surface area contributed by atoms with Crippen molar-refractivity contribution >= 4 is 11.0 Å². The van der Waals surface area contributed by atoms with Crippen LogP contribution in [0.4, 0.5) is 0 Å². The van der Waals surface area contributed by atoms with Gasteiger partial charge in [-0.15, -0.1) is 29.8 Å². The number of para-hydroxylation sites is 2. The molecule has 0 aliphatic heterocycles. The summed E-state index contributed by atoms with van der Waals surface area (Å²) in [5.74, 6) is 0.939. The van der Waals surface area contributed by atoms with Crippen LogP contribution >= 0.6 is 0 Å². The molecule has 0 spiro atoms. The number of phenolic OH excluding ortho intramolecular Hbond substituents is 1. The van der Waals surface area contributed by atoms with Gasteiger partial charge in [-0.05, 0) is 41.8 Å². The SMILES string of the molecule is Cn1c(-c2ccccc2O)nc2c(-c3[c-]c(-c4cc(Cc5ccccc5)ccn4)ccc3)cccc21.[Pt]. The first kappa shape index (κ1) is 24.7. The number of hydrogen-bond acceptors (Lipinski definition) is 3. The topological polar surface area (TPSA) is 50.9 Å². The largest absolute Gasteiger partial charge is 0.507 e. The Hall–Kier alpha value is -4.01. The number of aromatic hydroxyl groups is 1. The monoisotopic (exact) mass is 661 g/mol. The maximum absolute atomic E-state index is 10.4. The van der Waals surface area contributed by atoms with E-state index in [1.54, 1.807) is 6.07 Å². The molecule has 0 radical (unpaired) electrons. The molecular weight excluding hydrogens is 637 g/mol. The molecule has 0 saturated heterocycles. The number of hydrogen-bond donors (Lipinski definition) is 1. The fourth-order valence-electron chi connectivity index (χ4n) is 4.67. The van der Waals surface area contributed by atoms with E-state index in [-0.39, 0.29) is 26.8 Å². The zero-order valence-corrected chi connectivity index (χ0v) is 22.5. The quantitative estimate of drug-likeness (QED) is 0.201. The van der Waals surface area contributed by atoms with Crippen LogP contribution in [0, 0.1) is 6.07 Å². The first-order valence-electron chi connectivity index (χ1n) is 11.9. The molecule has 0 amide bonds. The van der Waals surface area contributed by atoms with Crippen molar-refractivity contribution < 1.29 is 26.2 Å². The maximum atomic E-state index is 10.4. The second-order valence-corrected chi connectivity index (χ2v) is 8.87. The van der Waals surface area contributed by atoms with Crippen LogP contribution in [0.2, 0.25) is 0 Å². The van der Waals surface area contributed by atoms with Crippen molar-refractivity contribution in [2.24, 2.45) is 7.05 Å². The molecule has 5 heteroatoms. The predicted octanol–water partition coefficient (Wildman–Crippen LogP) is 7.06. The number of imidazole rings is 1. The van der Waals surface area contributed by atoms with E-state index >= 15 is 0 Å².